The fourth-order valence-corrected chi connectivity index (χ4v) is 2.46. The Bertz CT molecular complexity index is 535. The van der Waals surface area contributed by atoms with Crippen molar-refractivity contribution in [2.45, 2.75) is 19.4 Å². The predicted octanol–water partition coefficient (Wildman–Crippen LogP) is 0.955. The van der Waals surface area contributed by atoms with Gasteiger partial charge >= 0.3 is 6.03 Å². The smallest absolute Gasteiger partial charge is 0.317 e. The van der Waals surface area contributed by atoms with Gasteiger partial charge in [-0.1, -0.05) is 0 Å². The molecule has 0 spiro atoms. The van der Waals surface area contributed by atoms with Gasteiger partial charge in [-0.25, -0.2) is 9.18 Å². The number of aliphatic hydroxyl groups excluding tert-OH is 1. The molecular weight excluding hydrogens is 289 g/mol. The van der Waals surface area contributed by atoms with Crippen molar-refractivity contribution in [2.75, 3.05) is 31.1 Å². The van der Waals surface area contributed by atoms with Crippen LogP contribution < -0.4 is 10.2 Å². The topological polar surface area (TPSA) is 72.9 Å². The molecule has 6 nitrogen and oxygen atoms in total. The summed E-state index contributed by atoms with van der Waals surface area (Å²) in [6.45, 7) is 2.80. The third-order valence-corrected chi connectivity index (χ3v) is 3.63. The van der Waals surface area contributed by atoms with Crippen LogP contribution in [0.1, 0.15) is 13.3 Å². The molecule has 0 aliphatic carbocycles. The molecule has 1 unspecified atom stereocenters. The molecule has 1 aromatic rings. The van der Waals surface area contributed by atoms with Gasteiger partial charge in [-0.2, -0.15) is 0 Å². The molecule has 7 heteroatoms. The van der Waals surface area contributed by atoms with Gasteiger partial charge in [-0.3, -0.25) is 4.79 Å². The average molecular weight is 309 g/mol. The van der Waals surface area contributed by atoms with Gasteiger partial charge in [-0.05, 0) is 31.2 Å². The van der Waals surface area contributed by atoms with Crippen molar-refractivity contribution >= 4 is 17.6 Å². The third-order valence-electron chi connectivity index (χ3n) is 3.63. The first-order valence-corrected chi connectivity index (χ1v) is 7.27. The van der Waals surface area contributed by atoms with E-state index in [2.05, 4.69) is 5.32 Å². The largest absolute Gasteiger partial charge is 0.395 e. The van der Waals surface area contributed by atoms with Crippen LogP contribution in [0.25, 0.3) is 0 Å². The van der Waals surface area contributed by atoms with Crippen molar-refractivity contribution in [1.29, 1.82) is 0 Å². The molecule has 0 radical (unpaired) electrons. The van der Waals surface area contributed by atoms with Crippen molar-refractivity contribution in [1.82, 2.24) is 10.2 Å². The third kappa shape index (κ3) is 3.73. The van der Waals surface area contributed by atoms with Gasteiger partial charge < -0.3 is 20.2 Å². The normalized spacial score (nSPS) is 17.7. The van der Waals surface area contributed by atoms with Crippen LogP contribution >= 0.6 is 0 Å². The minimum atomic E-state index is -0.358. The summed E-state index contributed by atoms with van der Waals surface area (Å²) in [5.74, 6) is -0.468. The van der Waals surface area contributed by atoms with E-state index in [-0.39, 0.29) is 43.4 Å². The number of anilines is 1. The van der Waals surface area contributed by atoms with Crippen molar-refractivity contribution < 1.29 is 19.1 Å². The Hall–Kier alpha value is -2.15. The van der Waals surface area contributed by atoms with E-state index in [0.717, 1.165) is 0 Å². The molecule has 1 aromatic carbocycles. The maximum atomic E-state index is 12.9. The number of halogens is 1. The highest BCUT2D eigenvalue weighted by molar-refractivity contribution is 5.96. The van der Waals surface area contributed by atoms with Crippen molar-refractivity contribution in [3.63, 3.8) is 0 Å². The van der Waals surface area contributed by atoms with Crippen molar-refractivity contribution in [3.8, 4) is 0 Å². The second-order valence-electron chi connectivity index (χ2n) is 5.13. The number of urea groups is 1. The van der Waals surface area contributed by atoms with Crippen LogP contribution in [0.2, 0.25) is 0 Å². The molecule has 3 amide bonds. The van der Waals surface area contributed by atoms with E-state index < -0.39 is 0 Å². The van der Waals surface area contributed by atoms with E-state index in [4.69, 9.17) is 5.11 Å². The number of nitrogens with one attached hydrogen (secondary N) is 1. The molecule has 1 aliphatic heterocycles. The Kier molecular flexibility index (Phi) is 5.32. The number of carbonyl (C=O) groups is 2. The molecule has 1 atom stereocenters. The Morgan fingerprint density at radius 2 is 2.14 bits per heavy atom. The van der Waals surface area contributed by atoms with Crippen LogP contribution in [-0.4, -0.2) is 54.2 Å². The minimum Gasteiger partial charge on any atom is -0.395 e. The number of amides is 3. The zero-order valence-corrected chi connectivity index (χ0v) is 12.5. The number of benzene rings is 1. The summed E-state index contributed by atoms with van der Waals surface area (Å²) in [6, 6.07) is 5.10. The number of rotatable bonds is 5. The Labute approximate surface area is 128 Å². The second kappa shape index (κ2) is 7.22. The Morgan fingerprint density at radius 1 is 1.45 bits per heavy atom. The highest BCUT2D eigenvalue weighted by Gasteiger charge is 2.32. The lowest BCUT2D eigenvalue weighted by atomic mass is 10.2. The van der Waals surface area contributed by atoms with Crippen LogP contribution in [0.5, 0.6) is 0 Å². The van der Waals surface area contributed by atoms with E-state index in [1.54, 1.807) is 12.1 Å². The number of aliphatic hydroxyl groups is 1. The fraction of sp³-hybridized carbons (Fsp3) is 0.467. The van der Waals surface area contributed by atoms with Crippen LogP contribution in [0.4, 0.5) is 14.9 Å². The zero-order chi connectivity index (χ0) is 16.1. The number of likely N-dealkylation sites (N-methyl/N-ethyl adjacent to an activating group) is 1. The summed E-state index contributed by atoms with van der Waals surface area (Å²) >= 11 is 0. The maximum absolute atomic E-state index is 12.9. The molecule has 2 rings (SSSR count). The summed E-state index contributed by atoms with van der Waals surface area (Å²) in [4.78, 5) is 27.1. The van der Waals surface area contributed by atoms with Gasteiger partial charge in [0.2, 0.25) is 5.91 Å². The molecular formula is C15H20FN3O3. The SMILES string of the molecule is CCN(CCO)C(=O)NC1CC(=O)N(c2ccc(F)cc2)C1. The van der Waals surface area contributed by atoms with Gasteiger partial charge in [0.1, 0.15) is 5.82 Å². The van der Waals surface area contributed by atoms with Crippen LogP contribution in [-0.2, 0) is 4.79 Å². The Morgan fingerprint density at radius 3 is 2.73 bits per heavy atom. The van der Waals surface area contributed by atoms with Crippen molar-refractivity contribution in [3.05, 3.63) is 30.1 Å². The summed E-state index contributed by atoms with van der Waals surface area (Å²) in [7, 11) is 0. The van der Waals surface area contributed by atoms with E-state index in [1.807, 2.05) is 6.92 Å². The fourth-order valence-electron chi connectivity index (χ4n) is 2.46. The molecule has 2 N–H and O–H groups in total. The number of carbonyl (C=O) groups excluding carboxylic acids is 2. The summed E-state index contributed by atoms with van der Waals surface area (Å²) in [6.07, 6.45) is 0.208. The lowest BCUT2D eigenvalue weighted by molar-refractivity contribution is -0.117. The van der Waals surface area contributed by atoms with E-state index in [1.165, 1.54) is 21.9 Å². The maximum Gasteiger partial charge on any atom is 0.317 e. The van der Waals surface area contributed by atoms with Gasteiger partial charge in [0.05, 0.1) is 12.6 Å². The molecule has 0 bridgehead atoms. The number of hydrogen-bond acceptors (Lipinski definition) is 3. The predicted molar refractivity (Wildman–Crippen MR) is 80.0 cm³/mol. The molecule has 1 aliphatic rings. The van der Waals surface area contributed by atoms with Crippen molar-refractivity contribution in [2.24, 2.45) is 0 Å². The van der Waals surface area contributed by atoms with Crippen LogP contribution in [0.15, 0.2) is 24.3 Å². The van der Waals surface area contributed by atoms with Crippen LogP contribution in [0, 0.1) is 5.82 Å². The molecule has 120 valence electrons. The molecule has 0 saturated carbocycles. The quantitative estimate of drug-likeness (QED) is 0.851. The standard InChI is InChI=1S/C15H20FN3O3/c1-2-18(7-8-20)15(22)17-12-9-14(21)19(10-12)13-5-3-11(16)4-6-13/h3-6,12,20H,2,7-10H2,1H3,(H,17,22). The minimum absolute atomic E-state index is 0.105. The Balaban J connectivity index is 1.97. The second-order valence-corrected chi connectivity index (χ2v) is 5.13. The summed E-state index contributed by atoms with van der Waals surface area (Å²) < 4.78 is 12.9. The molecule has 22 heavy (non-hydrogen) atoms. The van der Waals surface area contributed by atoms with E-state index >= 15 is 0 Å². The molecule has 1 fully saturated rings. The molecule has 1 saturated heterocycles. The first-order chi connectivity index (χ1) is 10.5. The summed E-state index contributed by atoms with van der Waals surface area (Å²) in [5, 5.41) is 11.7. The average Bonchev–Trinajstić information content (AvgIpc) is 2.86. The van der Waals surface area contributed by atoms with Gasteiger partial charge in [0.25, 0.3) is 0 Å². The molecule has 1 heterocycles. The monoisotopic (exact) mass is 309 g/mol. The first kappa shape index (κ1) is 16.2. The number of hydrogen-bond donors (Lipinski definition) is 2. The zero-order valence-electron chi connectivity index (χ0n) is 12.5. The highest BCUT2D eigenvalue weighted by atomic mass is 19.1. The molecule has 0 aromatic heterocycles. The van der Waals surface area contributed by atoms with Crippen LogP contribution in [0.3, 0.4) is 0 Å². The van der Waals surface area contributed by atoms with E-state index in [0.29, 0.717) is 18.8 Å². The van der Waals surface area contributed by atoms with E-state index in [9.17, 15) is 14.0 Å². The summed E-state index contributed by atoms with van der Waals surface area (Å²) in [5.41, 5.74) is 0.617. The first-order valence-electron chi connectivity index (χ1n) is 7.27. The lowest BCUT2D eigenvalue weighted by Gasteiger charge is -2.23. The lowest BCUT2D eigenvalue weighted by Crippen LogP contribution is -2.46. The van der Waals surface area contributed by atoms with Gasteiger partial charge in [-0.15, -0.1) is 0 Å². The van der Waals surface area contributed by atoms with Gasteiger partial charge in [0.15, 0.2) is 0 Å². The highest BCUT2D eigenvalue weighted by Crippen LogP contribution is 2.21. The number of nitrogens with zero attached hydrogens (tertiary/aromatic N) is 2. The van der Waals surface area contributed by atoms with Gasteiger partial charge in [0, 0.05) is 31.7 Å².